The third kappa shape index (κ3) is 2.52. The Kier molecular flexibility index (Phi) is 3.93. The molecule has 2 fully saturated rings. The Hall–Kier alpha value is -1.06. The van der Waals surface area contributed by atoms with Crippen molar-refractivity contribution < 1.29 is 14.7 Å². The number of carbonyl (C=O) groups is 2. The molecule has 4 heteroatoms. The van der Waals surface area contributed by atoms with Gasteiger partial charge in [-0.05, 0) is 37.5 Å². The lowest BCUT2D eigenvalue weighted by Crippen LogP contribution is -2.52. The lowest BCUT2D eigenvalue weighted by Gasteiger charge is -2.38. The number of likely N-dealkylation sites (tertiary alicyclic amines) is 1. The molecule has 1 amide bonds. The van der Waals surface area contributed by atoms with Crippen molar-refractivity contribution in [2.24, 2.45) is 17.8 Å². The van der Waals surface area contributed by atoms with Crippen molar-refractivity contribution in [3.05, 3.63) is 0 Å². The van der Waals surface area contributed by atoms with Crippen LogP contribution in [0, 0.1) is 17.8 Å². The van der Waals surface area contributed by atoms with Crippen molar-refractivity contribution in [2.75, 3.05) is 6.54 Å². The average Bonchev–Trinajstić information content (AvgIpc) is 2.74. The Balaban J connectivity index is 2.09. The van der Waals surface area contributed by atoms with Crippen LogP contribution in [0.4, 0.5) is 0 Å². The van der Waals surface area contributed by atoms with Crippen molar-refractivity contribution in [3.63, 3.8) is 0 Å². The third-order valence-electron chi connectivity index (χ3n) is 4.61. The zero-order chi connectivity index (χ0) is 13.3. The normalized spacial score (nSPS) is 36.7. The summed E-state index contributed by atoms with van der Waals surface area (Å²) in [7, 11) is 0. The lowest BCUT2D eigenvalue weighted by molar-refractivity contribution is -0.155. The first-order valence-electron chi connectivity index (χ1n) is 7.04. The molecule has 4 nitrogen and oxygen atoms in total. The van der Waals surface area contributed by atoms with Crippen LogP contribution in [0.2, 0.25) is 0 Å². The van der Waals surface area contributed by atoms with E-state index in [-0.39, 0.29) is 11.8 Å². The average molecular weight is 253 g/mol. The monoisotopic (exact) mass is 253 g/mol. The summed E-state index contributed by atoms with van der Waals surface area (Å²) in [5.74, 6) is 0.0996. The molecule has 1 heterocycles. The molecular weight excluding hydrogens is 230 g/mol. The second-order valence-corrected chi connectivity index (χ2v) is 6.03. The van der Waals surface area contributed by atoms with Gasteiger partial charge in [-0.2, -0.15) is 0 Å². The van der Waals surface area contributed by atoms with E-state index in [1.54, 1.807) is 4.90 Å². The van der Waals surface area contributed by atoms with Gasteiger partial charge in [0.1, 0.15) is 6.04 Å². The van der Waals surface area contributed by atoms with E-state index < -0.39 is 12.0 Å². The van der Waals surface area contributed by atoms with E-state index in [1.807, 2.05) is 0 Å². The molecule has 1 aliphatic carbocycles. The summed E-state index contributed by atoms with van der Waals surface area (Å²) in [5.41, 5.74) is 0. The molecule has 1 N–H and O–H groups in total. The predicted molar refractivity (Wildman–Crippen MR) is 68.0 cm³/mol. The van der Waals surface area contributed by atoms with Crippen LogP contribution >= 0.6 is 0 Å². The fourth-order valence-corrected chi connectivity index (χ4v) is 3.36. The molecule has 2 aliphatic rings. The fourth-order valence-electron chi connectivity index (χ4n) is 3.36. The first-order chi connectivity index (χ1) is 8.50. The topological polar surface area (TPSA) is 57.6 Å². The highest BCUT2D eigenvalue weighted by Crippen LogP contribution is 2.34. The molecule has 4 atom stereocenters. The van der Waals surface area contributed by atoms with E-state index in [0.29, 0.717) is 24.8 Å². The molecule has 0 aromatic rings. The standard InChI is InChI=1S/C14H23NO3/c1-9-6-7-15(12(8-9)14(17)18)13(16)11-5-3-4-10(11)2/h9-12H,3-8H2,1-2H3,(H,17,18). The Bertz CT molecular complexity index is 342. The van der Waals surface area contributed by atoms with Crippen LogP contribution in [-0.2, 0) is 9.59 Å². The van der Waals surface area contributed by atoms with E-state index in [0.717, 1.165) is 25.7 Å². The molecule has 1 saturated carbocycles. The molecule has 0 aromatic carbocycles. The van der Waals surface area contributed by atoms with Gasteiger partial charge in [0.15, 0.2) is 0 Å². The van der Waals surface area contributed by atoms with Crippen LogP contribution in [0.25, 0.3) is 0 Å². The number of hydrogen-bond acceptors (Lipinski definition) is 2. The summed E-state index contributed by atoms with van der Waals surface area (Å²) in [6.45, 7) is 4.79. The number of amides is 1. The Morgan fingerprint density at radius 2 is 1.89 bits per heavy atom. The number of carboxylic acids is 1. The van der Waals surface area contributed by atoms with Gasteiger partial charge in [0, 0.05) is 12.5 Å². The van der Waals surface area contributed by atoms with Gasteiger partial charge in [-0.1, -0.05) is 20.3 Å². The molecule has 0 aromatic heterocycles. The van der Waals surface area contributed by atoms with Crippen molar-refractivity contribution in [3.8, 4) is 0 Å². The highest BCUT2D eigenvalue weighted by Gasteiger charge is 2.40. The van der Waals surface area contributed by atoms with Crippen LogP contribution < -0.4 is 0 Å². The highest BCUT2D eigenvalue weighted by molar-refractivity contribution is 5.85. The smallest absolute Gasteiger partial charge is 0.326 e. The van der Waals surface area contributed by atoms with Crippen LogP contribution in [0.5, 0.6) is 0 Å². The van der Waals surface area contributed by atoms with Crippen molar-refractivity contribution in [1.29, 1.82) is 0 Å². The number of piperidine rings is 1. The first kappa shape index (κ1) is 13.4. The molecule has 102 valence electrons. The molecule has 0 bridgehead atoms. The van der Waals surface area contributed by atoms with E-state index in [2.05, 4.69) is 13.8 Å². The number of rotatable bonds is 2. The minimum Gasteiger partial charge on any atom is -0.480 e. The molecule has 1 aliphatic heterocycles. The summed E-state index contributed by atoms with van der Waals surface area (Å²) in [4.78, 5) is 25.4. The van der Waals surface area contributed by atoms with Gasteiger partial charge in [-0.25, -0.2) is 4.79 Å². The largest absolute Gasteiger partial charge is 0.480 e. The maximum atomic E-state index is 12.5. The van der Waals surface area contributed by atoms with Gasteiger partial charge in [0.05, 0.1) is 0 Å². The van der Waals surface area contributed by atoms with E-state index in [9.17, 15) is 14.7 Å². The first-order valence-corrected chi connectivity index (χ1v) is 7.04. The van der Waals surface area contributed by atoms with Crippen molar-refractivity contribution in [2.45, 2.75) is 52.0 Å². The van der Waals surface area contributed by atoms with E-state index in [4.69, 9.17) is 0 Å². The summed E-state index contributed by atoms with van der Waals surface area (Å²) in [6, 6.07) is -0.603. The molecule has 1 saturated heterocycles. The van der Waals surface area contributed by atoms with Gasteiger partial charge in [-0.3, -0.25) is 4.79 Å². The van der Waals surface area contributed by atoms with Gasteiger partial charge in [0.2, 0.25) is 5.91 Å². The zero-order valence-electron chi connectivity index (χ0n) is 11.3. The van der Waals surface area contributed by atoms with Gasteiger partial charge < -0.3 is 10.0 Å². The molecule has 4 unspecified atom stereocenters. The van der Waals surface area contributed by atoms with E-state index in [1.165, 1.54) is 0 Å². The Labute approximate surface area is 108 Å². The van der Waals surface area contributed by atoms with Crippen LogP contribution in [0.3, 0.4) is 0 Å². The number of carbonyl (C=O) groups excluding carboxylic acids is 1. The number of nitrogens with zero attached hydrogens (tertiary/aromatic N) is 1. The quantitative estimate of drug-likeness (QED) is 0.820. The fraction of sp³-hybridized carbons (Fsp3) is 0.857. The molecule has 0 radical (unpaired) electrons. The van der Waals surface area contributed by atoms with Crippen LogP contribution in [-0.4, -0.2) is 34.5 Å². The Morgan fingerprint density at radius 3 is 2.44 bits per heavy atom. The summed E-state index contributed by atoms with van der Waals surface area (Å²) in [6.07, 6.45) is 4.65. The summed E-state index contributed by atoms with van der Waals surface area (Å²) >= 11 is 0. The zero-order valence-corrected chi connectivity index (χ0v) is 11.3. The minimum absolute atomic E-state index is 0.0558. The second-order valence-electron chi connectivity index (χ2n) is 6.03. The van der Waals surface area contributed by atoms with Crippen molar-refractivity contribution in [1.82, 2.24) is 4.90 Å². The number of carboxylic acid groups (broad SMARTS) is 1. The Morgan fingerprint density at radius 1 is 1.17 bits per heavy atom. The predicted octanol–water partition coefficient (Wildman–Crippen LogP) is 2.13. The van der Waals surface area contributed by atoms with Crippen molar-refractivity contribution >= 4 is 11.9 Å². The van der Waals surface area contributed by atoms with Crippen LogP contribution in [0.15, 0.2) is 0 Å². The van der Waals surface area contributed by atoms with Gasteiger partial charge in [0.25, 0.3) is 0 Å². The minimum atomic E-state index is -0.847. The molecule has 0 spiro atoms. The maximum Gasteiger partial charge on any atom is 0.326 e. The van der Waals surface area contributed by atoms with Gasteiger partial charge >= 0.3 is 5.97 Å². The van der Waals surface area contributed by atoms with Gasteiger partial charge in [-0.15, -0.1) is 0 Å². The third-order valence-corrected chi connectivity index (χ3v) is 4.61. The van der Waals surface area contributed by atoms with E-state index >= 15 is 0 Å². The van der Waals surface area contributed by atoms with Crippen LogP contribution in [0.1, 0.15) is 46.0 Å². The lowest BCUT2D eigenvalue weighted by atomic mass is 9.89. The highest BCUT2D eigenvalue weighted by atomic mass is 16.4. The maximum absolute atomic E-state index is 12.5. The second kappa shape index (κ2) is 5.29. The molecule has 18 heavy (non-hydrogen) atoms. The number of aliphatic carboxylic acids is 1. The number of hydrogen-bond donors (Lipinski definition) is 1. The molecular formula is C14H23NO3. The molecule has 2 rings (SSSR count). The summed E-state index contributed by atoms with van der Waals surface area (Å²) < 4.78 is 0. The summed E-state index contributed by atoms with van der Waals surface area (Å²) in [5, 5.41) is 9.29. The SMILES string of the molecule is CC1CCN(C(=O)C2CCCC2C)C(C(=O)O)C1.